The van der Waals surface area contributed by atoms with Gasteiger partial charge in [0.2, 0.25) is 5.91 Å². The van der Waals surface area contributed by atoms with Gasteiger partial charge >= 0.3 is 5.69 Å². The smallest absolute Gasteiger partial charge is 0.315 e. The molecule has 96 valence electrons. The Labute approximate surface area is 104 Å². The third kappa shape index (κ3) is 2.06. The Morgan fingerprint density at radius 3 is 2.72 bits per heavy atom. The van der Waals surface area contributed by atoms with Gasteiger partial charge in [0.15, 0.2) is 0 Å². The van der Waals surface area contributed by atoms with Crippen molar-refractivity contribution in [3.8, 4) is 0 Å². The number of carbonyl (C=O) groups excluding carboxylic acids is 1. The summed E-state index contributed by atoms with van der Waals surface area (Å²) in [7, 11) is 1.72. The van der Waals surface area contributed by atoms with Crippen LogP contribution in [0.15, 0.2) is 18.2 Å². The normalized spacial score (nSPS) is 15.9. The zero-order valence-corrected chi connectivity index (χ0v) is 10.00. The van der Waals surface area contributed by atoms with Crippen LogP contribution in [-0.2, 0) is 4.79 Å². The minimum atomic E-state index is -0.506. The van der Waals surface area contributed by atoms with Gasteiger partial charge in [-0.3, -0.25) is 14.9 Å². The minimum Gasteiger partial charge on any atom is -0.393 e. The summed E-state index contributed by atoms with van der Waals surface area (Å²) in [4.78, 5) is 25.5. The molecule has 1 aliphatic rings. The van der Waals surface area contributed by atoms with Crippen LogP contribution in [0.1, 0.15) is 0 Å². The number of nitro groups is 1. The van der Waals surface area contributed by atoms with Crippen molar-refractivity contribution < 1.29 is 9.72 Å². The first-order valence-corrected chi connectivity index (χ1v) is 5.52. The molecule has 0 atom stereocenters. The van der Waals surface area contributed by atoms with Gasteiger partial charge in [0.25, 0.3) is 0 Å². The molecule has 2 rings (SSSR count). The average Bonchev–Trinajstić information content (AvgIpc) is 2.32. The first-order valence-electron chi connectivity index (χ1n) is 5.52. The standard InChI is InChI=1S/C11H14N4O3/c1-13-5-6-14(7-10(13)16)9-4-2-3-8(12)11(9)15(17)18/h2-4H,5-7,12H2,1H3. The summed E-state index contributed by atoms with van der Waals surface area (Å²) in [6.45, 7) is 1.25. The molecule has 1 aliphatic heterocycles. The highest BCUT2D eigenvalue weighted by Crippen LogP contribution is 2.33. The number of para-hydroxylation sites is 1. The van der Waals surface area contributed by atoms with Gasteiger partial charge in [0.1, 0.15) is 11.4 Å². The molecule has 0 aromatic heterocycles. The van der Waals surface area contributed by atoms with Crippen molar-refractivity contribution in [3.05, 3.63) is 28.3 Å². The summed E-state index contributed by atoms with van der Waals surface area (Å²) in [5, 5.41) is 11.0. The molecule has 0 bridgehead atoms. The predicted molar refractivity (Wildman–Crippen MR) is 67.4 cm³/mol. The van der Waals surface area contributed by atoms with Gasteiger partial charge in [-0.1, -0.05) is 6.07 Å². The molecule has 1 aromatic carbocycles. The van der Waals surface area contributed by atoms with E-state index in [9.17, 15) is 14.9 Å². The first-order chi connectivity index (χ1) is 8.50. The summed E-state index contributed by atoms with van der Waals surface area (Å²) >= 11 is 0. The summed E-state index contributed by atoms with van der Waals surface area (Å²) in [6, 6.07) is 4.76. The lowest BCUT2D eigenvalue weighted by Gasteiger charge is -2.33. The maximum Gasteiger partial charge on any atom is 0.315 e. The molecule has 7 heteroatoms. The van der Waals surface area contributed by atoms with Gasteiger partial charge in [0, 0.05) is 20.1 Å². The van der Waals surface area contributed by atoms with Crippen LogP contribution >= 0.6 is 0 Å². The predicted octanol–water partition coefficient (Wildman–Crippen LogP) is 0.455. The van der Waals surface area contributed by atoms with E-state index in [1.807, 2.05) is 0 Å². The van der Waals surface area contributed by atoms with Gasteiger partial charge in [-0.2, -0.15) is 0 Å². The van der Waals surface area contributed by atoms with Gasteiger partial charge in [-0.05, 0) is 12.1 Å². The van der Waals surface area contributed by atoms with E-state index in [1.165, 1.54) is 6.07 Å². The number of benzene rings is 1. The summed E-state index contributed by atoms with van der Waals surface area (Å²) in [5.74, 6) is -0.0574. The maximum absolute atomic E-state index is 11.6. The fourth-order valence-corrected chi connectivity index (χ4v) is 1.97. The third-order valence-electron chi connectivity index (χ3n) is 3.03. The Kier molecular flexibility index (Phi) is 3.05. The average molecular weight is 250 g/mol. The highest BCUT2D eigenvalue weighted by molar-refractivity contribution is 5.85. The van der Waals surface area contributed by atoms with Crippen molar-refractivity contribution in [2.24, 2.45) is 0 Å². The van der Waals surface area contributed by atoms with E-state index in [2.05, 4.69) is 0 Å². The lowest BCUT2D eigenvalue weighted by molar-refractivity contribution is -0.383. The van der Waals surface area contributed by atoms with Crippen molar-refractivity contribution in [3.63, 3.8) is 0 Å². The second-order valence-corrected chi connectivity index (χ2v) is 4.21. The fourth-order valence-electron chi connectivity index (χ4n) is 1.97. The topological polar surface area (TPSA) is 92.7 Å². The molecule has 1 fully saturated rings. The molecule has 0 radical (unpaired) electrons. The van der Waals surface area contributed by atoms with E-state index in [0.717, 1.165) is 0 Å². The van der Waals surface area contributed by atoms with E-state index in [1.54, 1.807) is 29.0 Å². The van der Waals surface area contributed by atoms with Crippen LogP contribution < -0.4 is 10.6 Å². The molecule has 1 aromatic rings. The molecule has 2 N–H and O–H groups in total. The zero-order chi connectivity index (χ0) is 13.3. The number of anilines is 2. The van der Waals surface area contributed by atoms with Gasteiger partial charge < -0.3 is 15.5 Å². The van der Waals surface area contributed by atoms with Crippen LogP contribution in [0.2, 0.25) is 0 Å². The van der Waals surface area contributed by atoms with E-state index >= 15 is 0 Å². The summed E-state index contributed by atoms with van der Waals surface area (Å²) in [5.41, 5.74) is 6.02. The number of nitrogen functional groups attached to an aromatic ring is 1. The molecule has 7 nitrogen and oxygen atoms in total. The van der Waals surface area contributed by atoms with Crippen molar-refractivity contribution in [1.29, 1.82) is 0 Å². The van der Waals surface area contributed by atoms with E-state index < -0.39 is 4.92 Å². The van der Waals surface area contributed by atoms with E-state index in [0.29, 0.717) is 18.8 Å². The van der Waals surface area contributed by atoms with Crippen LogP contribution in [0.4, 0.5) is 17.1 Å². The van der Waals surface area contributed by atoms with Crippen LogP contribution in [0, 0.1) is 10.1 Å². The third-order valence-corrected chi connectivity index (χ3v) is 3.03. The molecule has 0 spiro atoms. The van der Waals surface area contributed by atoms with Crippen LogP contribution in [0.3, 0.4) is 0 Å². The number of carbonyl (C=O) groups is 1. The van der Waals surface area contributed by atoms with Crippen LogP contribution in [0.25, 0.3) is 0 Å². The lowest BCUT2D eigenvalue weighted by Crippen LogP contribution is -2.48. The molecule has 1 amide bonds. The molecule has 18 heavy (non-hydrogen) atoms. The number of amides is 1. The molecule has 0 aliphatic carbocycles. The first kappa shape index (κ1) is 12.2. The second kappa shape index (κ2) is 4.52. The number of nitrogens with zero attached hydrogens (tertiary/aromatic N) is 3. The maximum atomic E-state index is 11.6. The monoisotopic (exact) mass is 250 g/mol. The van der Waals surface area contributed by atoms with Crippen molar-refractivity contribution in [1.82, 2.24) is 4.90 Å². The van der Waals surface area contributed by atoms with E-state index in [-0.39, 0.29) is 23.8 Å². The Morgan fingerprint density at radius 1 is 1.39 bits per heavy atom. The van der Waals surface area contributed by atoms with Gasteiger partial charge in [-0.25, -0.2) is 0 Å². The number of hydrogen-bond acceptors (Lipinski definition) is 5. The molecular formula is C11H14N4O3. The molecule has 1 saturated heterocycles. The van der Waals surface area contributed by atoms with Crippen LogP contribution in [-0.4, -0.2) is 42.4 Å². The Hall–Kier alpha value is -2.31. The van der Waals surface area contributed by atoms with Crippen molar-refractivity contribution >= 4 is 23.0 Å². The Bertz CT molecular complexity index is 503. The van der Waals surface area contributed by atoms with Crippen molar-refractivity contribution in [2.75, 3.05) is 37.3 Å². The number of rotatable bonds is 2. The molecule has 1 heterocycles. The summed E-state index contributed by atoms with van der Waals surface area (Å²) < 4.78 is 0. The number of piperazine rings is 1. The van der Waals surface area contributed by atoms with Gasteiger partial charge in [-0.15, -0.1) is 0 Å². The zero-order valence-electron chi connectivity index (χ0n) is 10.00. The van der Waals surface area contributed by atoms with Gasteiger partial charge in [0.05, 0.1) is 11.5 Å². The Balaban J connectivity index is 2.37. The highest BCUT2D eigenvalue weighted by atomic mass is 16.6. The Morgan fingerprint density at radius 2 is 2.11 bits per heavy atom. The second-order valence-electron chi connectivity index (χ2n) is 4.21. The number of likely N-dealkylation sites (N-methyl/N-ethyl adjacent to an activating group) is 1. The number of nitro benzene ring substituents is 1. The van der Waals surface area contributed by atoms with E-state index in [4.69, 9.17) is 5.73 Å². The largest absolute Gasteiger partial charge is 0.393 e. The highest BCUT2D eigenvalue weighted by Gasteiger charge is 2.27. The lowest BCUT2D eigenvalue weighted by atomic mass is 10.2. The quantitative estimate of drug-likeness (QED) is 0.467. The molecule has 0 saturated carbocycles. The SMILES string of the molecule is CN1CCN(c2cccc(N)c2[N+](=O)[O-])CC1=O. The summed E-state index contributed by atoms with van der Waals surface area (Å²) in [6.07, 6.45) is 0. The van der Waals surface area contributed by atoms with Crippen molar-refractivity contribution in [2.45, 2.75) is 0 Å². The fraction of sp³-hybridized carbons (Fsp3) is 0.364. The molecular weight excluding hydrogens is 236 g/mol. The number of hydrogen-bond donors (Lipinski definition) is 1. The van der Waals surface area contributed by atoms with Crippen LogP contribution in [0.5, 0.6) is 0 Å². The number of nitrogens with two attached hydrogens (primary N) is 1. The molecule has 0 unspecified atom stereocenters. The minimum absolute atomic E-state index is 0.0574.